The highest BCUT2D eigenvalue weighted by atomic mass is 79.9. The second-order valence-corrected chi connectivity index (χ2v) is 8.21. The molecule has 1 heterocycles. The number of para-hydroxylation sites is 1. The average molecular weight is 508 g/mol. The first-order valence-corrected chi connectivity index (χ1v) is 11.2. The number of hydrogen-bond acceptors (Lipinski definition) is 5. The van der Waals surface area contributed by atoms with Gasteiger partial charge in [0.15, 0.2) is 0 Å². The number of aliphatic hydroxyl groups is 1. The maximum atomic E-state index is 13.2. The fourth-order valence-corrected chi connectivity index (χ4v) is 4.43. The molecular formula is C26H22BrNO5. The van der Waals surface area contributed by atoms with Crippen molar-refractivity contribution in [1.29, 1.82) is 0 Å². The Morgan fingerprint density at radius 3 is 2.33 bits per heavy atom. The van der Waals surface area contributed by atoms with Crippen molar-refractivity contribution in [1.82, 2.24) is 0 Å². The molecule has 0 radical (unpaired) electrons. The van der Waals surface area contributed by atoms with Crippen molar-refractivity contribution in [2.75, 3.05) is 18.6 Å². The summed E-state index contributed by atoms with van der Waals surface area (Å²) < 4.78 is 11.4. The topological polar surface area (TPSA) is 76.1 Å². The van der Waals surface area contributed by atoms with Crippen molar-refractivity contribution in [3.63, 3.8) is 0 Å². The number of aliphatic hydroxyl groups excluding tert-OH is 1. The molecule has 1 N–H and O–H groups in total. The van der Waals surface area contributed by atoms with E-state index in [0.717, 1.165) is 0 Å². The standard InChI is InChI=1S/C26H22BrNO5/c1-3-33-19-12-9-16(10-13-19)23-22(24(29)17-11-14-21(32-2)20(27)15-17)25(30)26(31)28(23)18-7-5-4-6-8-18/h4-15,23,29H,3H2,1-2H3/b24-22-. The first-order valence-electron chi connectivity index (χ1n) is 10.4. The van der Waals surface area contributed by atoms with Crippen LogP contribution >= 0.6 is 15.9 Å². The largest absolute Gasteiger partial charge is 0.507 e. The number of anilines is 1. The van der Waals surface area contributed by atoms with Gasteiger partial charge in [-0.15, -0.1) is 0 Å². The number of amides is 1. The van der Waals surface area contributed by atoms with E-state index in [1.807, 2.05) is 13.0 Å². The Balaban J connectivity index is 1.90. The molecule has 0 spiro atoms. The Hall–Kier alpha value is -3.58. The van der Waals surface area contributed by atoms with Gasteiger partial charge in [-0.3, -0.25) is 14.5 Å². The molecule has 6 nitrogen and oxygen atoms in total. The first kappa shape index (κ1) is 22.6. The van der Waals surface area contributed by atoms with E-state index in [9.17, 15) is 14.7 Å². The molecule has 1 aliphatic rings. The summed E-state index contributed by atoms with van der Waals surface area (Å²) in [6, 6.07) is 20.3. The zero-order valence-corrected chi connectivity index (χ0v) is 19.7. The van der Waals surface area contributed by atoms with E-state index in [0.29, 0.717) is 39.4 Å². The molecular weight excluding hydrogens is 486 g/mol. The van der Waals surface area contributed by atoms with Gasteiger partial charge in [0.1, 0.15) is 17.3 Å². The minimum Gasteiger partial charge on any atom is -0.507 e. The van der Waals surface area contributed by atoms with Crippen LogP contribution in [0.15, 0.2) is 82.8 Å². The highest BCUT2D eigenvalue weighted by Crippen LogP contribution is 2.43. The van der Waals surface area contributed by atoms with Crippen molar-refractivity contribution < 1.29 is 24.2 Å². The molecule has 1 aliphatic heterocycles. The van der Waals surface area contributed by atoms with Crippen LogP contribution in [0.3, 0.4) is 0 Å². The van der Waals surface area contributed by atoms with Gasteiger partial charge in [-0.25, -0.2) is 0 Å². The molecule has 3 aromatic rings. The summed E-state index contributed by atoms with van der Waals surface area (Å²) in [4.78, 5) is 27.8. The van der Waals surface area contributed by atoms with E-state index in [1.165, 1.54) is 12.0 Å². The number of benzene rings is 3. The molecule has 1 unspecified atom stereocenters. The van der Waals surface area contributed by atoms with Gasteiger partial charge in [0.25, 0.3) is 11.7 Å². The summed E-state index contributed by atoms with van der Waals surface area (Å²) in [6.07, 6.45) is 0. The normalized spacial score (nSPS) is 17.3. The van der Waals surface area contributed by atoms with Crippen molar-refractivity contribution in [2.24, 2.45) is 0 Å². The highest BCUT2D eigenvalue weighted by Gasteiger charge is 2.46. The van der Waals surface area contributed by atoms with Gasteiger partial charge in [-0.2, -0.15) is 0 Å². The van der Waals surface area contributed by atoms with E-state index in [1.54, 1.807) is 66.7 Å². The fourth-order valence-electron chi connectivity index (χ4n) is 3.89. The van der Waals surface area contributed by atoms with Crippen LogP contribution in [-0.2, 0) is 9.59 Å². The van der Waals surface area contributed by atoms with E-state index in [-0.39, 0.29) is 11.3 Å². The van der Waals surface area contributed by atoms with Crippen LogP contribution in [-0.4, -0.2) is 30.5 Å². The van der Waals surface area contributed by atoms with E-state index < -0.39 is 17.7 Å². The highest BCUT2D eigenvalue weighted by molar-refractivity contribution is 9.10. The maximum absolute atomic E-state index is 13.2. The van der Waals surface area contributed by atoms with Gasteiger partial charge < -0.3 is 14.6 Å². The van der Waals surface area contributed by atoms with Crippen LogP contribution in [0.4, 0.5) is 5.69 Å². The third-order valence-electron chi connectivity index (χ3n) is 5.41. The molecule has 1 saturated heterocycles. The lowest BCUT2D eigenvalue weighted by molar-refractivity contribution is -0.132. The van der Waals surface area contributed by atoms with Gasteiger partial charge in [0.2, 0.25) is 0 Å². The number of Topliss-reactive ketones (excluding diaryl/α,β-unsaturated/α-hetero) is 1. The molecule has 0 aromatic heterocycles. The minimum atomic E-state index is -0.802. The lowest BCUT2D eigenvalue weighted by Gasteiger charge is -2.25. The molecule has 3 aromatic carbocycles. The van der Waals surface area contributed by atoms with Gasteiger partial charge in [0.05, 0.1) is 29.8 Å². The number of halogens is 1. The van der Waals surface area contributed by atoms with Crippen LogP contribution < -0.4 is 14.4 Å². The zero-order chi connectivity index (χ0) is 23.5. The van der Waals surface area contributed by atoms with Crippen molar-refractivity contribution in [2.45, 2.75) is 13.0 Å². The Labute approximate surface area is 200 Å². The molecule has 0 bridgehead atoms. The van der Waals surface area contributed by atoms with Crippen LogP contribution in [0.25, 0.3) is 5.76 Å². The van der Waals surface area contributed by atoms with Crippen molar-refractivity contribution in [3.8, 4) is 11.5 Å². The molecule has 7 heteroatoms. The minimum absolute atomic E-state index is 0.0186. The third kappa shape index (κ3) is 4.24. The molecule has 1 fully saturated rings. The first-order chi connectivity index (χ1) is 16.0. The number of carbonyl (C=O) groups is 2. The van der Waals surface area contributed by atoms with Crippen molar-refractivity contribution in [3.05, 3.63) is 94.0 Å². The van der Waals surface area contributed by atoms with Crippen LogP contribution in [0.5, 0.6) is 11.5 Å². The number of rotatable bonds is 6. The number of carbonyl (C=O) groups excluding carboxylic acids is 2. The Bertz CT molecular complexity index is 1220. The molecule has 168 valence electrons. The van der Waals surface area contributed by atoms with Crippen LogP contribution in [0.2, 0.25) is 0 Å². The summed E-state index contributed by atoms with van der Waals surface area (Å²) in [7, 11) is 1.54. The summed E-state index contributed by atoms with van der Waals surface area (Å²) in [5.41, 5.74) is 1.65. The molecule has 1 amide bonds. The lowest BCUT2D eigenvalue weighted by atomic mass is 9.95. The summed E-state index contributed by atoms with van der Waals surface area (Å²) in [5.74, 6) is -0.443. The fraction of sp³-hybridized carbons (Fsp3) is 0.154. The van der Waals surface area contributed by atoms with Gasteiger partial charge in [0, 0.05) is 11.3 Å². The van der Waals surface area contributed by atoms with E-state index >= 15 is 0 Å². The zero-order valence-electron chi connectivity index (χ0n) is 18.1. The second-order valence-electron chi connectivity index (χ2n) is 7.36. The summed E-state index contributed by atoms with van der Waals surface area (Å²) >= 11 is 3.41. The Morgan fingerprint density at radius 1 is 1.03 bits per heavy atom. The maximum Gasteiger partial charge on any atom is 0.300 e. The van der Waals surface area contributed by atoms with Gasteiger partial charge in [-0.05, 0) is 70.9 Å². The Kier molecular flexibility index (Phi) is 6.51. The lowest BCUT2D eigenvalue weighted by Crippen LogP contribution is -2.29. The number of hydrogen-bond donors (Lipinski definition) is 1. The smallest absolute Gasteiger partial charge is 0.300 e. The summed E-state index contributed by atoms with van der Waals surface area (Å²) in [6.45, 7) is 2.42. The predicted octanol–water partition coefficient (Wildman–Crippen LogP) is 5.48. The van der Waals surface area contributed by atoms with Crippen molar-refractivity contribution >= 4 is 39.1 Å². The SMILES string of the molecule is CCOc1ccc(C2/C(=C(/O)c3ccc(OC)c(Br)c3)C(=O)C(=O)N2c2ccccc2)cc1. The predicted molar refractivity (Wildman–Crippen MR) is 130 cm³/mol. The molecule has 33 heavy (non-hydrogen) atoms. The van der Waals surface area contributed by atoms with Crippen LogP contribution in [0.1, 0.15) is 24.1 Å². The Morgan fingerprint density at radius 2 is 1.73 bits per heavy atom. The summed E-state index contributed by atoms with van der Waals surface area (Å²) in [5, 5.41) is 11.2. The van der Waals surface area contributed by atoms with Crippen LogP contribution in [0, 0.1) is 0 Å². The molecule has 0 aliphatic carbocycles. The third-order valence-corrected chi connectivity index (χ3v) is 6.03. The second kappa shape index (κ2) is 9.50. The van der Waals surface area contributed by atoms with E-state index in [4.69, 9.17) is 9.47 Å². The molecule has 1 atom stereocenters. The molecule has 4 rings (SSSR count). The monoisotopic (exact) mass is 507 g/mol. The number of ketones is 1. The average Bonchev–Trinajstić information content (AvgIpc) is 3.10. The van der Waals surface area contributed by atoms with E-state index in [2.05, 4.69) is 15.9 Å². The number of nitrogens with zero attached hydrogens (tertiary/aromatic N) is 1. The number of ether oxygens (including phenoxy) is 2. The quantitative estimate of drug-likeness (QED) is 0.271. The van der Waals surface area contributed by atoms with Gasteiger partial charge in [-0.1, -0.05) is 30.3 Å². The van der Waals surface area contributed by atoms with Gasteiger partial charge >= 0.3 is 0 Å². The number of methoxy groups -OCH3 is 1. The molecule has 0 saturated carbocycles.